The van der Waals surface area contributed by atoms with Gasteiger partial charge in [-0.1, -0.05) is 74.5 Å². The summed E-state index contributed by atoms with van der Waals surface area (Å²) in [6.07, 6.45) is 10.1. The zero-order valence-corrected chi connectivity index (χ0v) is 37.0. The number of carbonyl (C=O) groups is 2. The molecule has 1 aliphatic rings. The lowest BCUT2D eigenvalue weighted by atomic mass is 9.98. The molecule has 0 fully saturated rings. The minimum Gasteiger partial charge on any atom is -0.459 e. The predicted octanol–water partition coefficient (Wildman–Crippen LogP) is 6.94. The van der Waals surface area contributed by atoms with Crippen LogP contribution in [0.3, 0.4) is 0 Å². The molecule has 6 rings (SSSR count). The Morgan fingerprint density at radius 3 is 1.82 bits per heavy atom. The molecule has 1 heterocycles. The standard InChI is InChI=1S/C60H39N3O4/c1-5-6-7-8-9-10-11-12-13-14-15-16-17-18-19-20-21-22-23-28-37-66-51-40-47(4)39-49(42-51)44-63-36-35-50-41-48(33-34-58(50)63)43-61-62-57(38-46(2)3)59(64)60(65)67-45-56-54-31-26-24-29-52(54)53-30-25-27-32-55(53)56/h1,24-27,29-36,39-42,46,56-57,61-62H,38,43-45H2,2-4H3/t57-/m0/s1. The normalized spacial score (nSPS) is 10.2. The van der Waals surface area contributed by atoms with Gasteiger partial charge in [0.05, 0.1) is 6.04 Å². The SMILES string of the molecule is C#CC#CC#CC#CC#CC#CC#CC#CC#CC#CC#COc1cc(C)cc(Cn2ccc3cc(CNN[C@@H](CC(C)C)C(=O)C(=O)OCC4c5ccccc5-c5ccccc54)ccc32)c1. The lowest BCUT2D eigenvalue weighted by molar-refractivity contribution is -0.155. The first kappa shape index (κ1) is 46.9. The van der Waals surface area contributed by atoms with E-state index in [4.69, 9.17) is 15.9 Å². The summed E-state index contributed by atoms with van der Waals surface area (Å²) in [6, 6.07) is 29.7. The van der Waals surface area contributed by atoms with E-state index in [2.05, 4.69) is 188 Å². The fraction of sp³-hybridized carbons (Fsp3) is 0.167. The van der Waals surface area contributed by atoms with Gasteiger partial charge in [0.1, 0.15) is 18.5 Å². The fourth-order valence-corrected chi connectivity index (χ4v) is 7.14. The van der Waals surface area contributed by atoms with Gasteiger partial charge < -0.3 is 14.0 Å². The molecule has 0 spiro atoms. The third-order valence-corrected chi connectivity index (χ3v) is 9.85. The van der Waals surface area contributed by atoms with Gasteiger partial charge >= 0.3 is 5.97 Å². The Hall–Kier alpha value is -9.56. The Balaban J connectivity index is 0.970. The fourth-order valence-electron chi connectivity index (χ4n) is 7.14. The summed E-state index contributed by atoms with van der Waals surface area (Å²) in [6.45, 7) is 7.17. The van der Waals surface area contributed by atoms with E-state index in [0.717, 1.165) is 49.8 Å². The molecule has 4 aromatic carbocycles. The van der Waals surface area contributed by atoms with Gasteiger partial charge in [-0.3, -0.25) is 10.2 Å². The summed E-state index contributed by atoms with van der Waals surface area (Å²) in [5.41, 5.74) is 14.9. The largest absolute Gasteiger partial charge is 0.459 e. The van der Waals surface area contributed by atoms with E-state index in [1.807, 2.05) is 69.4 Å². The van der Waals surface area contributed by atoms with Gasteiger partial charge in [0.15, 0.2) is 0 Å². The Kier molecular flexibility index (Phi) is 17.5. The number of hydrazine groups is 1. The van der Waals surface area contributed by atoms with Crippen LogP contribution in [0.4, 0.5) is 0 Å². The number of aromatic nitrogens is 1. The molecule has 0 aliphatic heterocycles. The third kappa shape index (κ3) is 14.2. The van der Waals surface area contributed by atoms with E-state index in [9.17, 15) is 9.59 Å². The van der Waals surface area contributed by atoms with Crippen LogP contribution in [-0.2, 0) is 27.4 Å². The van der Waals surface area contributed by atoms with Gasteiger partial charge in [0, 0.05) is 102 Å². The molecule has 2 N–H and O–H groups in total. The molecular formula is C60H39N3O4. The van der Waals surface area contributed by atoms with Crippen LogP contribution in [0, 0.1) is 144 Å². The Morgan fingerprint density at radius 1 is 0.672 bits per heavy atom. The summed E-state index contributed by atoms with van der Waals surface area (Å²) >= 11 is 0. The van der Waals surface area contributed by atoms with Crippen molar-refractivity contribution in [2.45, 2.75) is 52.2 Å². The lowest BCUT2D eigenvalue weighted by Gasteiger charge is -2.20. The first-order valence-electron chi connectivity index (χ1n) is 21.0. The molecule has 0 unspecified atom stereocenters. The Bertz CT molecular complexity index is 3400. The zero-order chi connectivity index (χ0) is 47.1. The highest BCUT2D eigenvalue weighted by atomic mass is 16.5. The lowest BCUT2D eigenvalue weighted by Crippen LogP contribution is -2.48. The maximum Gasteiger partial charge on any atom is 0.376 e. The highest BCUT2D eigenvalue weighted by Gasteiger charge is 2.32. The predicted molar refractivity (Wildman–Crippen MR) is 262 cm³/mol. The molecule has 7 nitrogen and oxygen atoms in total. The first-order chi connectivity index (χ1) is 32.8. The number of Topliss-reactive ketones (excluding diaryl/α,β-unsaturated/α-hetero) is 1. The van der Waals surface area contributed by atoms with Crippen molar-refractivity contribution < 1.29 is 19.1 Å². The molecule has 0 saturated heterocycles. The van der Waals surface area contributed by atoms with Gasteiger partial charge in [-0.2, -0.15) is 0 Å². The molecule has 0 saturated carbocycles. The van der Waals surface area contributed by atoms with Crippen LogP contribution in [-0.4, -0.2) is 29.0 Å². The van der Waals surface area contributed by atoms with E-state index in [0.29, 0.717) is 25.3 Å². The second-order valence-corrected chi connectivity index (χ2v) is 15.1. The summed E-state index contributed by atoms with van der Waals surface area (Å²) in [5.74, 6) is 49.4. The van der Waals surface area contributed by atoms with Crippen LogP contribution in [0.1, 0.15) is 54.0 Å². The number of esters is 1. The van der Waals surface area contributed by atoms with E-state index < -0.39 is 17.8 Å². The van der Waals surface area contributed by atoms with E-state index in [1.165, 1.54) is 0 Å². The molecule has 1 aromatic heterocycles. The number of hydrogen-bond donors (Lipinski definition) is 2. The number of carbonyl (C=O) groups excluding carboxylic acids is 2. The van der Waals surface area contributed by atoms with Gasteiger partial charge in [-0.25, -0.2) is 10.2 Å². The van der Waals surface area contributed by atoms with Crippen molar-refractivity contribution in [1.82, 2.24) is 15.4 Å². The number of ketones is 1. The second-order valence-electron chi connectivity index (χ2n) is 15.1. The van der Waals surface area contributed by atoms with Crippen molar-refractivity contribution in [2.24, 2.45) is 5.92 Å². The Morgan fingerprint density at radius 2 is 1.24 bits per heavy atom. The molecule has 1 aliphatic carbocycles. The number of benzene rings is 4. The molecule has 0 amide bonds. The average Bonchev–Trinajstić information content (AvgIpc) is 3.88. The maximum absolute atomic E-state index is 13.5. The highest BCUT2D eigenvalue weighted by Crippen LogP contribution is 2.44. The molecule has 5 aromatic rings. The maximum atomic E-state index is 13.5. The quantitative estimate of drug-likeness (QED) is 0.0579. The number of fused-ring (bicyclic) bond motifs is 4. The van der Waals surface area contributed by atoms with E-state index >= 15 is 0 Å². The van der Waals surface area contributed by atoms with Crippen LogP contribution in [0.5, 0.6) is 5.75 Å². The minimum atomic E-state index is -0.838. The molecule has 0 bridgehead atoms. The molecule has 7 heteroatoms. The molecular weight excluding hydrogens is 827 g/mol. The van der Waals surface area contributed by atoms with Crippen molar-refractivity contribution in [3.63, 3.8) is 0 Å². The van der Waals surface area contributed by atoms with Crippen LogP contribution >= 0.6 is 0 Å². The first-order valence-corrected chi connectivity index (χ1v) is 21.0. The number of aryl methyl sites for hydroxylation is 1. The van der Waals surface area contributed by atoms with Gasteiger partial charge in [0.25, 0.3) is 5.78 Å². The second kappa shape index (κ2) is 24.9. The smallest absolute Gasteiger partial charge is 0.376 e. The van der Waals surface area contributed by atoms with Crippen LogP contribution in [0.2, 0.25) is 0 Å². The van der Waals surface area contributed by atoms with E-state index in [1.54, 1.807) is 0 Å². The molecule has 318 valence electrons. The number of hydrogen-bond acceptors (Lipinski definition) is 6. The minimum absolute atomic E-state index is 0.0936. The van der Waals surface area contributed by atoms with Crippen molar-refractivity contribution in [1.29, 1.82) is 0 Å². The van der Waals surface area contributed by atoms with Crippen molar-refractivity contribution in [3.8, 4) is 148 Å². The highest BCUT2D eigenvalue weighted by molar-refractivity contribution is 6.35. The van der Waals surface area contributed by atoms with E-state index in [-0.39, 0.29) is 18.4 Å². The Labute approximate surface area is 393 Å². The number of ether oxygens (including phenoxy) is 2. The van der Waals surface area contributed by atoms with Gasteiger partial charge in [-0.15, -0.1) is 6.42 Å². The van der Waals surface area contributed by atoms with Crippen molar-refractivity contribution in [3.05, 3.63) is 125 Å². The summed E-state index contributed by atoms with van der Waals surface area (Å²) in [5, 5.41) is 1.06. The summed E-state index contributed by atoms with van der Waals surface area (Å²) in [7, 11) is 0. The number of rotatable bonds is 13. The number of terminal acetylenes is 1. The van der Waals surface area contributed by atoms with Crippen LogP contribution in [0.25, 0.3) is 22.0 Å². The van der Waals surface area contributed by atoms with Gasteiger partial charge in [0.2, 0.25) is 0 Å². The average molecular weight is 866 g/mol. The summed E-state index contributed by atoms with van der Waals surface area (Å²) in [4.78, 5) is 26.6. The third-order valence-electron chi connectivity index (χ3n) is 9.85. The van der Waals surface area contributed by atoms with Crippen LogP contribution < -0.4 is 15.6 Å². The number of nitrogens with one attached hydrogen (secondary N) is 2. The van der Waals surface area contributed by atoms with Gasteiger partial charge in [-0.05, 0) is 141 Å². The monoisotopic (exact) mass is 865 g/mol. The molecule has 67 heavy (non-hydrogen) atoms. The topological polar surface area (TPSA) is 81.6 Å². The zero-order valence-electron chi connectivity index (χ0n) is 37.0. The van der Waals surface area contributed by atoms with Crippen LogP contribution in [0.15, 0.2) is 97.2 Å². The van der Waals surface area contributed by atoms with Crippen molar-refractivity contribution in [2.75, 3.05) is 6.61 Å². The molecule has 1 atom stereocenters. The molecule has 0 radical (unpaired) electrons. The number of nitrogens with zero attached hydrogens (tertiary/aromatic N) is 1. The summed E-state index contributed by atoms with van der Waals surface area (Å²) < 4.78 is 13.5. The van der Waals surface area contributed by atoms with Crippen molar-refractivity contribution >= 4 is 22.7 Å².